The van der Waals surface area contributed by atoms with E-state index >= 15 is 0 Å². The lowest BCUT2D eigenvalue weighted by Crippen LogP contribution is -2.50. The van der Waals surface area contributed by atoms with Crippen molar-refractivity contribution in [1.82, 2.24) is 14.8 Å². The van der Waals surface area contributed by atoms with Crippen LogP contribution in [0.1, 0.15) is 11.4 Å². The summed E-state index contributed by atoms with van der Waals surface area (Å²) >= 11 is 1.77. The lowest BCUT2D eigenvalue weighted by Gasteiger charge is -2.37. The second-order valence-corrected chi connectivity index (χ2v) is 9.79. The summed E-state index contributed by atoms with van der Waals surface area (Å²) in [5.74, 6) is 0.717. The number of benzene rings is 1. The van der Waals surface area contributed by atoms with E-state index in [0.717, 1.165) is 44.7 Å². The maximum Gasteiger partial charge on any atom is 0.151 e. The monoisotopic (exact) mass is 351 g/mol. The Kier molecular flexibility index (Phi) is 4.13. The van der Waals surface area contributed by atoms with Gasteiger partial charge in [0.2, 0.25) is 0 Å². The standard InChI is InChI=1S/C16H21N3O2S2/c20-23(21)10-5-13(12-23)19-8-6-18(7-9-19)11-16-17-14-3-1-2-4-15(14)22-16/h1-4,13H,5-12H2/t13-/m0/s1. The fraction of sp³-hybridized carbons (Fsp3) is 0.562. The lowest BCUT2D eigenvalue weighted by molar-refractivity contribution is 0.100. The van der Waals surface area contributed by atoms with Gasteiger partial charge >= 0.3 is 0 Å². The zero-order valence-electron chi connectivity index (χ0n) is 13.0. The number of thiazole rings is 1. The number of nitrogens with zero attached hydrogens (tertiary/aromatic N) is 3. The molecule has 2 saturated heterocycles. The van der Waals surface area contributed by atoms with Crippen LogP contribution in [0.3, 0.4) is 0 Å². The average molecular weight is 351 g/mol. The molecule has 2 aliphatic rings. The molecular weight excluding hydrogens is 330 g/mol. The van der Waals surface area contributed by atoms with Crippen molar-refractivity contribution < 1.29 is 8.42 Å². The van der Waals surface area contributed by atoms with Crippen molar-refractivity contribution in [2.45, 2.75) is 19.0 Å². The highest BCUT2D eigenvalue weighted by Crippen LogP contribution is 2.24. The first-order valence-electron chi connectivity index (χ1n) is 8.10. The minimum Gasteiger partial charge on any atom is -0.297 e. The van der Waals surface area contributed by atoms with E-state index in [9.17, 15) is 8.42 Å². The van der Waals surface area contributed by atoms with Gasteiger partial charge in [0.1, 0.15) is 5.01 Å². The minimum atomic E-state index is -2.79. The summed E-state index contributed by atoms with van der Waals surface area (Å²) in [6.45, 7) is 4.81. The highest BCUT2D eigenvalue weighted by Gasteiger charge is 2.33. The van der Waals surface area contributed by atoms with E-state index < -0.39 is 9.84 Å². The Balaban J connectivity index is 1.34. The van der Waals surface area contributed by atoms with Crippen LogP contribution in [-0.4, -0.2) is 66.9 Å². The Morgan fingerprint density at radius 2 is 1.96 bits per heavy atom. The van der Waals surface area contributed by atoms with Crippen LogP contribution in [0.15, 0.2) is 24.3 Å². The number of fused-ring (bicyclic) bond motifs is 1. The van der Waals surface area contributed by atoms with Crippen LogP contribution in [0.5, 0.6) is 0 Å². The maximum absolute atomic E-state index is 11.6. The molecule has 124 valence electrons. The molecule has 0 spiro atoms. The van der Waals surface area contributed by atoms with E-state index in [1.807, 2.05) is 6.07 Å². The fourth-order valence-corrected chi connectivity index (χ4v) is 6.30. The Morgan fingerprint density at radius 3 is 2.65 bits per heavy atom. The van der Waals surface area contributed by atoms with Crippen LogP contribution in [-0.2, 0) is 16.4 Å². The largest absolute Gasteiger partial charge is 0.297 e. The van der Waals surface area contributed by atoms with Gasteiger partial charge in [0, 0.05) is 32.2 Å². The molecule has 0 amide bonds. The van der Waals surface area contributed by atoms with Gasteiger partial charge in [-0.05, 0) is 18.6 Å². The minimum absolute atomic E-state index is 0.240. The third kappa shape index (κ3) is 3.42. The van der Waals surface area contributed by atoms with Gasteiger partial charge in [-0.25, -0.2) is 13.4 Å². The van der Waals surface area contributed by atoms with Crippen molar-refractivity contribution in [2.24, 2.45) is 0 Å². The summed E-state index contributed by atoms with van der Waals surface area (Å²) in [7, 11) is -2.79. The van der Waals surface area contributed by atoms with Gasteiger partial charge < -0.3 is 0 Å². The maximum atomic E-state index is 11.6. The predicted molar refractivity (Wildman–Crippen MR) is 93.5 cm³/mol. The van der Waals surface area contributed by atoms with Crippen molar-refractivity contribution in [3.8, 4) is 0 Å². The Labute approximate surface area is 140 Å². The summed E-state index contributed by atoms with van der Waals surface area (Å²) < 4.78 is 24.5. The van der Waals surface area contributed by atoms with Crippen LogP contribution in [0, 0.1) is 0 Å². The molecule has 23 heavy (non-hydrogen) atoms. The van der Waals surface area contributed by atoms with Gasteiger partial charge in [0.25, 0.3) is 0 Å². The van der Waals surface area contributed by atoms with Crippen LogP contribution in [0.4, 0.5) is 0 Å². The quantitative estimate of drug-likeness (QED) is 0.841. The van der Waals surface area contributed by atoms with Gasteiger partial charge in [0.15, 0.2) is 9.84 Å². The van der Waals surface area contributed by atoms with Gasteiger partial charge in [0.05, 0.1) is 28.3 Å². The zero-order valence-corrected chi connectivity index (χ0v) is 14.7. The SMILES string of the molecule is O=S1(=O)CC[C@H](N2CCN(Cc3nc4ccccc4s3)CC2)C1. The first-order chi connectivity index (χ1) is 11.1. The molecule has 1 atom stereocenters. The lowest BCUT2D eigenvalue weighted by atomic mass is 10.2. The molecule has 0 radical (unpaired) electrons. The third-order valence-electron chi connectivity index (χ3n) is 4.83. The molecule has 0 unspecified atom stereocenters. The second kappa shape index (κ2) is 6.12. The van der Waals surface area contributed by atoms with Crippen molar-refractivity contribution in [2.75, 3.05) is 37.7 Å². The van der Waals surface area contributed by atoms with Crippen molar-refractivity contribution in [1.29, 1.82) is 0 Å². The molecule has 2 fully saturated rings. The molecule has 0 saturated carbocycles. The summed E-state index contributed by atoms with van der Waals surface area (Å²) in [6.07, 6.45) is 0.806. The third-order valence-corrected chi connectivity index (χ3v) is 7.60. The van der Waals surface area contributed by atoms with E-state index in [-0.39, 0.29) is 6.04 Å². The van der Waals surface area contributed by atoms with Gasteiger partial charge in [-0.3, -0.25) is 9.80 Å². The smallest absolute Gasteiger partial charge is 0.151 e. The number of hydrogen-bond donors (Lipinski definition) is 0. The molecule has 4 rings (SSSR count). The molecule has 7 heteroatoms. The number of piperazine rings is 1. The number of para-hydroxylation sites is 1. The number of hydrogen-bond acceptors (Lipinski definition) is 6. The van der Waals surface area contributed by atoms with E-state index in [0.29, 0.717) is 11.5 Å². The summed E-state index contributed by atoms with van der Waals surface area (Å²) in [5, 5.41) is 1.17. The molecule has 1 aromatic carbocycles. The van der Waals surface area contributed by atoms with Crippen LogP contribution in [0.25, 0.3) is 10.2 Å². The topological polar surface area (TPSA) is 53.5 Å². The molecule has 3 heterocycles. The molecule has 0 aliphatic carbocycles. The van der Waals surface area contributed by atoms with Gasteiger partial charge in [-0.1, -0.05) is 12.1 Å². The van der Waals surface area contributed by atoms with Crippen molar-refractivity contribution in [3.63, 3.8) is 0 Å². The molecule has 2 aliphatic heterocycles. The van der Waals surface area contributed by atoms with Crippen LogP contribution < -0.4 is 0 Å². The molecule has 1 aromatic heterocycles. The van der Waals surface area contributed by atoms with Crippen LogP contribution in [0.2, 0.25) is 0 Å². The number of rotatable bonds is 3. The summed E-state index contributed by atoms with van der Waals surface area (Å²) in [4.78, 5) is 9.50. The number of sulfone groups is 1. The van der Waals surface area contributed by atoms with Gasteiger partial charge in [-0.15, -0.1) is 11.3 Å². The zero-order chi connectivity index (χ0) is 15.9. The molecule has 2 aromatic rings. The normalized spacial score (nSPS) is 26.0. The average Bonchev–Trinajstić information content (AvgIpc) is 3.10. The first-order valence-corrected chi connectivity index (χ1v) is 10.7. The summed E-state index contributed by atoms with van der Waals surface area (Å²) in [6, 6.07) is 8.51. The number of aromatic nitrogens is 1. The van der Waals surface area contributed by atoms with Crippen molar-refractivity contribution in [3.05, 3.63) is 29.3 Å². The highest BCUT2D eigenvalue weighted by molar-refractivity contribution is 7.91. The second-order valence-electron chi connectivity index (χ2n) is 6.44. The first kappa shape index (κ1) is 15.5. The highest BCUT2D eigenvalue weighted by atomic mass is 32.2. The molecule has 0 N–H and O–H groups in total. The fourth-order valence-electron chi connectivity index (χ4n) is 3.53. The Bertz CT molecular complexity index is 762. The van der Waals surface area contributed by atoms with E-state index in [2.05, 4.69) is 28.0 Å². The van der Waals surface area contributed by atoms with E-state index in [1.165, 1.54) is 9.71 Å². The molecular formula is C16H21N3O2S2. The summed E-state index contributed by atoms with van der Waals surface area (Å²) in [5.41, 5.74) is 1.09. The van der Waals surface area contributed by atoms with Gasteiger partial charge in [-0.2, -0.15) is 0 Å². The van der Waals surface area contributed by atoms with Crippen molar-refractivity contribution >= 4 is 31.4 Å². The Hall–Kier alpha value is -1.02. The van der Waals surface area contributed by atoms with Crippen LogP contribution >= 0.6 is 11.3 Å². The van der Waals surface area contributed by atoms with E-state index in [4.69, 9.17) is 4.98 Å². The molecule has 5 nitrogen and oxygen atoms in total. The Morgan fingerprint density at radius 1 is 1.17 bits per heavy atom. The van der Waals surface area contributed by atoms with E-state index in [1.54, 1.807) is 11.3 Å². The molecule has 0 bridgehead atoms. The predicted octanol–water partition coefficient (Wildman–Crippen LogP) is 1.60.